The van der Waals surface area contributed by atoms with Crippen LogP contribution in [0.25, 0.3) is 0 Å². The second-order valence-electron chi connectivity index (χ2n) is 5.01. The molecule has 19 heavy (non-hydrogen) atoms. The number of esters is 1. The van der Waals surface area contributed by atoms with Crippen LogP contribution in [0.3, 0.4) is 0 Å². The van der Waals surface area contributed by atoms with Gasteiger partial charge in [0.25, 0.3) is 0 Å². The average Bonchev–Trinajstić information content (AvgIpc) is 2.36. The summed E-state index contributed by atoms with van der Waals surface area (Å²) in [5, 5.41) is 9.79. The van der Waals surface area contributed by atoms with E-state index in [4.69, 9.17) is 9.47 Å². The van der Waals surface area contributed by atoms with Crippen molar-refractivity contribution in [1.82, 2.24) is 0 Å². The molecule has 0 radical (unpaired) electrons. The molecule has 0 aliphatic heterocycles. The fourth-order valence-corrected chi connectivity index (χ4v) is 2.44. The molecule has 1 aliphatic rings. The van der Waals surface area contributed by atoms with Crippen LogP contribution in [0.5, 0.6) is 0 Å². The van der Waals surface area contributed by atoms with Gasteiger partial charge < -0.3 is 14.6 Å². The molecule has 104 valence electrons. The van der Waals surface area contributed by atoms with Crippen LogP contribution in [0.15, 0.2) is 30.3 Å². The van der Waals surface area contributed by atoms with Crippen molar-refractivity contribution in [2.75, 3.05) is 0 Å². The number of carbonyl (C=O) groups is 1. The predicted octanol–water partition coefficient (Wildman–Crippen LogP) is 2.05. The fraction of sp³-hybridized carbons (Fsp3) is 0.533. The molecule has 1 aliphatic carbocycles. The normalized spacial score (nSPS) is 26.9. The minimum atomic E-state index is -0.459. The molecule has 0 amide bonds. The first kappa shape index (κ1) is 14.0. The van der Waals surface area contributed by atoms with Gasteiger partial charge in [0.15, 0.2) is 0 Å². The molecule has 0 heterocycles. The first-order valence-corrected chi connectivity index (χ1v) is 6.64. The molecular weight excluding hydrogens is 244 g/mol. The lowest BCUT2D eigenvalue weighted by Gasteiger charge is -2.31. The molecule has 0 unspecified atom stereocenters. The third-order valence-corrected chi connectivity index (χ3v) is 3.26. The third kappa shape index (κ3) is 4.65. The Morgan fingerprint density at radius 2 is 1.89 bits per heavy atom. The summed E-state index contributed by atoms with van der Waals surface area (Å²) in [5.74, 6) is -0.305. The largest absolute Gasteiger partial charge is 0.462 e. The van der Waals surface area contributed by atoms with Crippen LogP contribution >= 0.6 is 0 Å². The van der Waals surface area contributed by atoms with Gasteiger partial charge in [0.1, 0.15) is 6.10 Å². The van der Waals surface area contributed by atoms with Crippen LogP contribution in [-0.2, 0) is 20.9 Å². The molecule has 1 aromatic carbocycles. The number of benzene rings is 1. The van der Waals surface area contributed by atoms with Crippen molar-refractivity contribution >= 4 is 5.97 Å². The third-order valence-electron chi connectivity index (χ3n) is 3.26. The van der Waals surface area contributed by atoms with Crippen molar-refractivity contribution in [2.45, 2.75) is 51.1 Å². The maximum absolute atomic E-state index is 11.0. The first-order valence-electron chi connectivity index (χ1n) is 6.64. The number of rotatable bonds is 4. The lowest BCUT2D eigenvalue weighted by Crippen LogP contribution is -2.36. The molecule has 4 nitrogen and oxygen atoms in total. The molecular formula is C15H20O4. The quantitative estimate of drug-likeness (QED) is 0.846. The molecule has 3 atom stereocenters. The molecule has 1 fully saturated rings. The molecule has 2 rings (SSSR count). The van der Waals surface area contributed by atoms with Crippen LogP contribution in [0.2, 0.25) is 0 Å². The van der Waals surface area contributed by atoms with Crippen LogP contribution in [0, 0.1) is 0 Å². The number of aliphatic hydroxyl groups is 1. The molecule has 0 saturated heterocycles. The van der Waals surface area contributed by atoms with E-state index in [1.54, 1.807) is 0 Å². The summed E-state index contributed by atoms with van der Waals surface area (Å²) in [6.07, 6.45) is 1.01. The van der Waals surface area contributed by atoms with Crippen LogP contribution < -0.4 is 0 Å². The van der Waals surface area contributed by atoms with E-state index < -0.39 is 6.10 Å². The minimum absolute atomic E-state index is 0.0618. The maximum atomic E-state index is 11.0. The maximum Gasteiger partial charge on any atom is 0.302 e. The van der Waals surface area contributed by atoms with Crippen LogP contribution in [-0.4, -0.2) is 29.4 Å². The number of hydrogen-bond donors (Lipinski definition) is 1. The molecule has 0 spiro atoms. The fourth-order valence-electron chi connectivity index (χ4n) is 2.44. The standard InChI is InChI=1S/C15H20O4/c1-11(16)19-15-8-13(17)7-14(9-15)18-10-12-5-3-2-4-6-12/h2-6,13-15,17H,7-10H2,1H3/t13-,14+,15-/m0/s1. The van der Waals surface area contributed by atoms with Crippen molar-refractivity contribution in [1.29, 1.82) is 0 Å². The Morgan fingerprint density at radius 3 is 2.58 bits per heavy atom. The summed E-state index contributed by atoms with van der Waals surface area (Å²) in [4.78, 5) is 11.0. The van der Waals surface area contributed by atoms with Gasteiger partial charge in [-0.3, -0.25) is 4.79 Å². The Hall–Kier alpha value is -1.39. The Bertz CT molecular complexity index is 404. The molecule has 1 N–H and O–H groups in total. The zero-order valence-corrected chi connectivity index (χ0v) is 11.1. The van der Waals surface area contributed by atoms with E-state index in [-0.39, 0.29) is 18.2 Å². The predicted molar refractivity (Wildman–Crippen MR) is 70.4 cm³/mol. The number of ether oxygens (including phenoxy) is 2. The van der Waals surface area contributed by atoms with Crippen molar-refractivity contribution in [3.63, 3.8) is 0 Å². The van der Waals surface area contributed by atoms with Crippen LogP contribution in [0.4, 0.5) is 0 Å². The van der Waals surface area contributed by atoms with Gasteiger partial charge in [0.05, 0.1) is 18.8 Å². The van der Waals surface area contributed by atoms with E-state index >= 15 is 0 Å². The van der Waals surface area contributed by atoms with Crippen molar-refractivity contribution in [3.05, 3.63) is 35.9 Å². The summed E-state index contributed by atoms with van der Waals surface area (Å²) < 4.78 is 11.0. The topological polar surface area (TPSA) is 55.8 Å². The van der Waals surface area contributed by atoms with Gasteiger partial charge in [-0.25, -0.2) is 0 Å². The molecule has 4 heteroatoms. The highest BCUT2D eigenvalue weighted by atomic mass is 16.5. The minimum Gasteiger partial charge on any atom is -0.462 e. The van der Waals surface area contributed by atoms with E-state index in [1.807, 2.05) is 30.3 Å². The number of carbonyl (C=O) groups excluding carboxylic acids is 1. The van der Waals surface area contributed by atoms with E-state index in [0.29, 0.717) is 25.9 Å². The van der Waals surface area contributed by atoms with Gasteiger partial charge in [0, 0.05) is 19.8 Å². The highest BCUT2D eigenvalue weighted by Crippen LogP contribution is 2.25. The molecule has 0 aromatic heterocycles. The Morgan fingerprint density at radius 1 is 1.21 bits per heavy atom. The summed E-state index contributed by atoms with van der Waals surface area (Å²) in [6.45, 7) is 1.91. The zero-order chi connectivity index (χ0) is 13.7. The van der Waals surface area contributed by atoms with Crippen molar-refractivity contribution in [3.8, 4) is 0 Å². The summed E-state index contributed by atoms with van der Waals surface area (Å²) in [7, 11) is 0. The van der Waals surface area contributed by atoms with E-state index in [1.165, 1.54) is 6.92 Å². The van der Waals surface area contributed by atoms with Crippen molar-refractivity contribution in [2.24, 2.45) is 0 Å². The van der Waals surface area contributed by atoms with E-state index in [9.17, 15) is 9.90 Å². The molecule has 1 saturated carbocycles. The SMILES string of the molecule is CC(=O)O[C@H]1C[C@@H](O)C[C@@H](OCc2ccccc2)C1. The van der Waals surface area contributed by atoms with E-state index in [2.05, 4.69) is 0 Å². The van der Waals surface area contributed by atoms with E-state index in [0.717, 1.165) is 5.56 Å². The monoisotopic (exact) mass is 264 g/mol. The highest BCUT2D eigenvalue weighted by molar-refractivity contribution is 5.66. The zero-order valence-electron chi connectivity index (χ0n) is 11.1. The Balaban J connectivity index is 1.84. The Kier molecular flexibility index (Phi) is 4.93. The van der Waals surface area contributed by atoms with Gasteiger partial charge in [-0.1, -0.05) is 30.3 Å². The van der Waals surface area contributed by atoms with Crippen LogP contribution in [0.1, 0.15) is 31.7 Å². The Labute approximate surface area is 113 Å². The number of aliphatic hydroxyl groups excluding tert-OH is 1. The smallest absolute Gasteiger partial charge is 0.302 e. The lowest BCUT2D eigenvalue weighted by molar-refractivity contribution is -0.154. The summed E-state index contributed by atoms with van der Waals surface area (Å²) in [5.41, 5.74) is 1.10. The lowest BCUT2D eigenvalue weighted by atomic mass is 9.92. The number of hydrogen-bond acceptors (Lipinski definition) is 4. The van der Waals surface area contributed by atoms with Gasteiger partial charge in [-0.05, 0) is 12.0 Å². The molecule has 1 aromatic rings. The van der Waals surface area contributed by atoms with Gasteiger partial charge >= 0.3 is 5.97 Å². The second kappa shape index (κ2) is 6.68. The van der Waals surface area contributed by atoms with Gasteiger partial charge in [-0.2, -0.15) is 0 Å². The second-order valence-corrected chi connectivity index (χ2v) is 5.01. The van der Waals surface area contributed by atoms with Crippen molar-refractivity contribution < 1.29 is 19.4 Å². The van der Waals surface area contributed by atoms with Gasteiger partial charge in [0.2, 0.25) is 0 Å². The highest BCUT2D eigenvalue weighted by Gasteiger charge is 2.30. The summed E-state index contributed by atoms with van der Waals surface area (Å²) >= 11 is 0. The molecule has 0 bridgehead atoms. The summed E-state index contributed by atoms with van der Waals surface area (Å²) in [6, 6.07) is 9.91. The van der Waals surface area contributed by atoms with Gasteiger partial charge in [-0.15, -0.1) is 0 Å². The first-order chi connectivity index (χ1) is 9.13. The average molecular weight is 264 g/mol.